The Morgan fingerprint density at radius 2 is 1.96 bits per heavy atom. The maximum Gasteiger partial charge on any atom is 0.119 e. The van der Waals surface area contributed by atoms with Crippen molar-refractivity contribution in [2.24, 2.45) is 0 Å². The van der Waals surface area contributed by atoms with Crippen LogP contribution in [0.15, 0.2) is 54.9 Å². The molecule has 4 aromatic rings. The van der Waals surface area contributed by atoms with Crippen LogP contribution in [0.25, 0.3) is 33.4 Å². The molecular formula is C19H16N4O. The van der Waals surface area contributed by atoms with Crippen molar-refractivity contribution in [1.29, 1.82) is 0 Å². The van der Waals surface area contributed by atoms with Gasteiger partial charge < -0.3 is 4.74 Å². The lowest BCUT2D eigenvalue weighted by molar-refractivity contribution is 0.415. The van der Waals surface area contributed by atoms with E-state index in [9.17, 15) is 0 Å². The highest BCUT2D eigenvalue weighted by atomic mass is 16.5. The number of rotatable bonds is 3. The molecule has 24 heavy (non-hydrogen) atoms. The number of aryl methyl sites for hydroxylation is 1. The van der Waals surface area contributed by atoms with Gasteiger partial charge in [-0.3, -0.25) is 15.1 Å². The summed E-state index contributed by atoms with van der Waals surface area (Å²) in [5.41, 5.74) is 5.69. The van der Waals surface area contributed by atoms with Crippen LogP contribution in [-0.4, -0.2) is 27.3 Å². The largest absolute Gasteiger partial charge is 0.497 e. The van der Waals surface area contributed by atoms with E-state index in [2.05, 4.69) is 20.2 Å². The maximum atomic E-state index is 5.36. The van der Waals surface area contributed by atoms with Gasteiger partial charge in [-0.1, -0.05) is 6.07 Å². The molecule has 0 radical (unpaired) electrons. The zero-order valence-corrected chi connectivity index (χ0v) is 13.4. The monoisotopic (exact) mass is 316 g/mol. The van der Waals surface area contributed by atoms with E-state index < -0.39 is 0 Å². The number of fused-ring (bicyclic) bond motifs is 1. The first kappa shape index (κ1) is 14.4. The van der Waals surface area contributed by atoms with E-state index in [1.807, 2.05) is 61.8 Å². The summed E-state index contributed by atoms with van der Waals surface area (Å²) in [6.45, 7) is 1.98. The van der Waals surface area contributed by atoms with E-state index in [1.165, 1.54) is 0 Å². The molecule has 0 aliphatic rings. The number of H-pyrrole nitrogens is 1. The summed E-state index contributed by atoms with van der Waals surface area (Å²) >= 11 is 0. The van der Waals surface area contributed by atoms with Crippen molar-refractivity contribution in [3.63, 3.8) is 0 Å². The highest BCUT2D eigenvalue weighted by molar-refractivity contribution is 5.98. The SMILES string of the molecule is COc1ccc2nccc(-c3cn[nH]c3-c3cccc(C)n3)c2c1. The van der Waals surface area contributed by atoms with E-state index in [0.717, 1.165) is 44.9 Å². The van der Waals surface area contributed by atoms with Gasteiger partial charge in [0, 0.05) is 22.8 Å². The Bertz CT molecular complexity index is 1020. The van der Waals surface area contributed by atoms with Gasteiger partial charge in [-0.2, -0.15) is 5.10 Å². The molecule has 0 unspecified atom stereocenters. The van der Waals surface area contributed by atoms with Crippen LogP contribution in [0.1, 0.15) is 5.69 Å². The topological polar surface area (TPSA) is 63.7 Å². The van der Waals surface area contributed by atoms with E-state index in [-0.39, 0.29) is 0 Å². The van der Waals surface area contributed by atoms with Crippen molar-refractivity contribution in [3.8, 4) is 28.3 Å². The second-order valence-electron chi connectivity index (χ2n) is 5.56. The van der Waals surface area contributed by atoms with Gasteiger partial charge in [0.25, 0.3) is 0 Å². The molecule has 0 saturated heterocycles. The van der Waals surface area contributed by atoms with Gasteiger partial charge in [-0.25, -0.2) is 0 Å². The van der Waals surface area contributed by atoms with Crippen LogP contribution in [-0.2, 0) is 0 Å². The number of aromatic amines is 1. The summed E-state index contributed by atoms with van der Waals surface area (Å²) in [6.07, 6.45) is 3.64. The first-order valence-corrected chi connectivity index (χ1v) is 7.67. The molecule has 0 saturated carbocycles. The van der Waals surface area contributed by atoms with Crippen molar-refractivity contribution < 1.29 is 4.74 Å². The van der Waals surface area contributed by atoms with Gasteiger partial charge in [0.15, 0.2) is 0 Å². The molecule has 0 spiro atoms. The molecule has 118 valence electrons. The quantitative estimate of drug-likeness (QED) is 0.620. The maximum absolute atomic E-state index is 5.36. The third kappa shape index (κ3) is 2.40. The molecular weight excluding hydrogens is 300 g/mol. The van der Waals surface area contributed by atoms with E-state index >= 15 is 0 Å². The van der Waals surface area contributed by atoms with Crippen LogP contribution in [0.2, 0.25) is 0 Å². The van der Waals surface area contributed by atoms with Gasteiger partial charge in [-0.15, -0.1) is 0 Å². The van der Waals surface area contributed by atoms with Crippen molar-refractivity contribution in [2.75, 3.05) is 7.11 Å². The number of benzene rings is 1. The van der Waals surface area contributed by atoms with Gasteiger partial charge >= 0.3 is 0 Å². The number of aromatic nitrogens is 4. The molecule has 4 rings (SSSR count). The zero-order valence-electron chi connectivity index (χ0n) is 13.4. The summed E-state index contributed by atoms with van der Waals surface area (Å²) in [5.74, 6) is 0.801. The molecule has 0 bridgehead atoms. The summed E-state index contributed by atoms with van der Waals surface area (Å²) in [6, 6.07) is 13.8. The van der Waals surface area contributed by atoms with Crippen LogP contribution in [0.4, 0.5) is 0 Å². The Kier molecular flexibility index (Phi) is 3.46. The summed E-state index contributed by atoms with van der Waals surface area (Å²) in [7, 11) is 1.66. The lowest BCUT2D eigenvalue weighted by Gasteiger charge is -2.08. The predicted molar refractivity (Wildman–Crippen MR) is 93.8 cm³/mol. The minimum Gasteiger partial charge on any atom is -0.497 e. The van der Waals surface area contributed by atoms with Gasteiger partial charge in [0.2, 0.25) is 0 Å². The number of methoxy groups -OCH3 is 1. The average molecular weight is 316 g/mol. The third-order valence-corrected chi connectivity index (χ3v) is 4.02. The molecule has 5 heteroatoms. The zero-order chi connectivity index (χ0) is 16.5. The standard InChI is InChI=1S/C19H16N4O/c1-12-4-3-5-18(22-12)19-16(11-21-23-19)14-8-9-20-17-7-6-13(24-2)10-15(14)17/h3-11H,1-2H3,(H,21,23). The summed E-state index contributed by atoms with van der Waals surface area (Å²) in [4.78, 5) is 9.05. The number of hydrogen-bond acceptors (Lipinski definition) is 4. The summed E-state index contributed by atoms with van der Waals surface area (Å²) in [5, 5.41) is 8.33. The molecule has 0 amide bonds. The lowest BCUT2D eigenvalue weighted by Crippen LogP contribution is -1.91. The molecule has 5 nitrogen and oxygen atoms in total. The van der Waals surface area contributed by atoms with Crippen molar-refractivity contribution >= 4 is 10.9 Å². The van der Waals surface area contributed by atoms with Crippen LogP contribution in [0.5, 0.6) is 5.75 Å². The second kappa shape index (κ2) is 5.77. The Hall–Kier alpha value is -3.21. The average Bonchev–Trinajstić information content (AvgIpc) is 3.10. The minimum atomic E-state index is 0.801. The molecule has 1 N–H and O–H groups in total. The molecule has 3 aromatic heterocycles. The van der Waals surface area contributed by atoms with Crippen LogP contribution < -0.4 is 4.74 Å². The molecule has 0 fully saturated rings. The normalized spacial score (nSPS) is 10.9. The smallest absolute Gasteiger partial charge is 0.119 e. The van der Waals surface area contributed by atoms with E-state index in [1.54, 1.807) is 7.11 Å². The van der Waals surface area contributed by atoms with Crippen LogP contribution in [0, 0.1) is 6.92 Å². The lowest BCUT2D eigenvalue weighted by atomic mass is 10.0. The number of nitrogens with one attached hydrogen (secondary N) is 1. The molecule has 0 atom stereocenters. The summed E-state index contributed by atoms with van der Waals surface area (Å²) < 4.78 is 5.36. The highest BCUT2D eigenvalue weighted by Gasteiger charge is 2.14. The fourth-order valence-electron chi connectivity index (χ4n) is 2.86. The van der Waals surface area contributed by atoms with E-state index in [4.69, 9.17) is 4.74 Å². The third-order valence-electron chi connectivity index (χ3n) is 4.02. The van der Waals surface area contributed by atoms with Gasteiger partial charge in [-0.05, 0) is 48.9 Å². The van der Waals surface area contributed by atoms with E-state index in [0.29, 0.717) is 0 Å². The molecule has 3 heterocycles. The number of nitrogens with zero attached hydrogens (tertiary/aromatic N) is 3. The molecule has 0 aliphatic heterocycles. The fourth-order valence-corrected chi connectivity index (χ4v) is 2.86. The number of pyridine rings is 2. The number of hydrogen-bond donors (Lipinski definition) is 1. The number of ether oxygens (including phenoxy) is 1. The van der Waals surface area contributed by atoms with Gasteiger partial charge in [0.05, 0.1) is 30.2 Å². The minimum absolute atomic E-state index is 0.801. The Morgan fingerprint density at radius 3 is 2.79 bits per heavy atom. The first-order chi connectivity index (χ1) is 11.8. The second-order valence-corrected chi connectivity index (χ2v) is 5.56. The fraction of sp³-hybridized carbons (Fsp3) is 0.105. The van der Waals surface area contributed by atoms with Crippen molar-refractivity contribution in [2.45, 2.75) is 6.92 Å². The van der Waals surface area contributed by atoms with Crippen LogP contribution >= 0.6 is 0 Å². The van der Waals surface area contributed by atoms with Gasteiger partial charge in [0.1, 0.15) is 5.75 Å². The van der Waals surface area contributed by atoms with Crippen molar-refractivity contribution in [3.05, 3.63) is 60.6 Å². The van der Waals surface area contributed by atoms with Crippen LogP contribution in [0.3, 0.4) is 0 Å². The predicted octanol–water partition coefficient (Wildman–Crippen LogP) is 4.00. The van der Waals surface area contributed by atoms with Crippen molar-refractivity contribution in [1.82, 2.24) is 20.2 Å². The Morgan fingerprint density at radius 1 is 1.04 bits per heavy atom. The Labute approximate surface area is 139 Å². The Balaban J connectivity index is 1.95. The first-order valence-electron chi connectivity index (χ1n) is 7.67. The molecule has 0 aliphatic carbocycles. The highest BCUT2D eigenvalue weighted by Crippen LogP contribution is 2.34. The molecule has 1 aromatic carbocycles.